The van der Waals surface area contributed by atoms with Gasteiger partial charge >= 0.3 is 0 Å². The minimum atomic E-state index is -0.766. The number of carbonyl (C=O) groups excluding carboxylic acids is 1. The molecule has 1 amide bonds. The highest BCUT2D eigenvalue weighted by Crippen LogP contribution is 2.24. The van der Waals surface area contributed by atoms with Gasteiger partial charge < -0.3 is 5.11 Å². The summed E-state index contributed by atoms with van der Waals surface area (Å²) in [4.78, 5) is 16.9. The molecule has 0 unspecified atom stereocenters. The molecule has 0 radical (unpaired) electrons. The molecule has 0 bridgehead atoms. The Morgan fingerprint density at radius 3 is 2.72 bits per heavy atom. The number of aryl methyl sites for hydroxylation is 2. The number of nitrogens with one attached hydrogen (secondary N) is 1. The van der Waals surface area contributed by atoms with E-state index in [0.717, 1.165) is 16.6 Å². The van der Waals surface area contributed by atoms with Gasteiger partial charge in [-0.25, -0.2) is 9.37 Å². The van der Waals surface area contributed by atoms with Gasteiger partial charge in [0.1, 0.15) is 17.1 Å². The molecule has 94 valence electrons. The number of rotatable bonds is 2. The highest BCUT2D eigenvalue weighted by Gasteiger charge is 2.17. The average molecular weight is 266 g/mol. The molecular formula is C12H11FN2O2S. The number of aromatic hydroxyl groups is 1. The standard InChI is InChI=1S/C12H11FN2O2S/c1-6-7(2)18-12(14-6)15-11(17)10-8(13)4-3-5-9(10)16/h3-5,16H,1-2H3,(H,14,15,17). The van der Waals surface area contributed by atoms with Gasteiger partial charge in [-0.15, -0.1) is 11.3 Å². The second-order valence-electron chi connectivity index (χ2n) is 3.75. The van der Waals surface area contributed by atoms with Crippen molar-refractivity contribution in [2.24, 2.45) is 0 Å². The van der Waals surface area contributed by atoms with Gasteiger partial charge in [-0.05, 0) is 26.0 Å². The molecule has 0 atom stereocenters. The van der Waals surface area contributed by atoms with E-state index in [-0.39, 0.29) is 5.56 Å². The molecule has 0 saturated heterocycles. The van der Waals surface area contributed by atoms with E-state index in [0.29, 0.717) is 5.13 Å². The molecule has 6 heteroatoms. The predicted octanol–water partition coefficient (Wildman–Crippen LogP) is 2.86. The van der Waals surface area contributed by atoms with Gasteiger partial charge in [0.05, 0.1) is 5.69 Å². The van der Waals surface area contributed by atoms with Crippen LogP contribution >= 0.6 is 11.3 Å². The maximum absolute atomic E-state index is 13.5. The van der Waals surface area contributed by atoms with Crippen LogP contribution in [0.4, 0.5) is 9.52 Å². The summed E-state index contributed by atoms with van der Waals surface area (Å²) in [5, 5.41) is 12.3. The first-order chi connectivity index (χ1) is 8.49. The molecule has 2 aromatic rings. The summed E-state index contributed by atoms with van der Waals surface area (Å²) >= 11 is 1.30. The third-order valence-electron chi connectivity index (χ3n) is 2.47. The maximum Gasteiger partial charge on any atom is 0.264 e. The van der Waals surface area contributed by atoms with Crippen molar-refractivity contribution in [3.05, 3.63) is 40.2 Å². The number of carbonyl (C=O) groups is 1. The lowest BCUT2D eigenvalue weighted by Crippen LogP contribution is -2.13. The number of benzene rings is 1. The van der Waals surface area contributed by atoms with Crippen LogP contribution in [0.25, 0.3) is 0 Å². The Bertz CT molecular complexity index is 570. The number of phenolic OH excluding ortho intramolecular Hbond substituents is 1. The predicted molar refractivity (Wildman–Crippen MR) is 67.6 cm³/mol. The molecule has 0 aliphatic carbocycles. The summed E-state index contributed by atoms with van der Waals surface area (Å²) in [6.45, 7) is 3.70. The first-order valence-corrected chi connectivity index (χ1v) is 6.03. The molecule has 1 aromatic carbocycles. The normalized spacial score (nSPS) is 10.4. The fourth-order valence-electron chi connectivity index (χ4n) is 1.42. The van der Waals surface area contributed by atoms with Gasteiger partial charge in [-0.1, -0.05) is 6.07 Å². The number of aromatic nitrogens is 1. The summed E-state index contributed by atoms with van der Waals surface area (Å²) < 4.78 is 13.5. The van der Waals surface area contributed by atoms with Crippen LogP contribution in [0.2, 0.25) is 0 Å². The van der Waals surface area contributed by atoms with Gasteiger partial charge in [0.25, 0.3) is 5.91 Å². The lowest BCUT2D eigenvalue weighted by Gasteiger charge is -2.04. The summed E-state index contributed by atoms with van der Waals surface area (Å²) in [5.74, 6) is -1.87. The maximum atomic E-state index is 13.5. The van der Waals surface area contributed by atoms with Crippen LogP contribution in [-0.2, 0) is 0 Å². The summed E-state index contributed by atoms with van der Waals surface area (Å²) in [6, 6.07) is 3.71. The molecule has 1 aromatic heterocycles. The zero-order chi connectivity index (χ0) is 13.3. The van der Waals surface area contributed by atoms with E-state index in [9.17, 15) is 14.3 Å². The Kier molecular flexibility index (Phi) is 3.29. The summed E-state index contributed by atoms with van der Waals surface area (Å²) in [5.41, 5.74) is 0.441. The van der Waals surface area contributed by atoms with Crippen molar-refractivity contribution in [2.45, 2.75) is 13.8 Å². The van der Waals surface area contributed by atoms with Gasteiger partial charge in [-0.2, -0.15) is 0 Å². The minimum Gasteiger partial charge on any atom is -0.507 e. The van der Waals surface area contributed by atoms with Crippen molar-refractivity contribution in [3.63, 3.8) is 0 Å². The number of amides is 1. The molecule has 4 nitrogen and oxygen atoms in total. The second-order valence-corrected chi connectivity index (χ2v) is 4.95. The number of hydrogen-bond acceptors (Lipinski definition) is 4. The van der Waals surface area contributed by atoms with E-state index >= 15 is 0 Å². The van der Waals surface area contributed by atoms with E-state index in [1.54, 1.807) is 0 Å². The fourth-order valence-corrected chi connectivity index (χ4v) is 2.23. The Labute approximate surface area is 107 Å². The Balaban J connectivity index is 2.27. The van der Waals surface area contributed by atoms with Crippen molar-refractivity contribution in [1.82, 2.24) is 4.98 Å². The summed E-state index contributed by atoms with van der Waals surface area (Å²) in [6.07, 6.45) is 0. The Hall–Kier alpha value is -1.95. The molecule has 0 saturated carbocycles. The molecule has 0 aliphatic heterocycles. The quantitative estimate of drug-likeness (QED) is 0.878. The number of hydrogen-bond donors (Lipinski definition) is 2. The fraction of sp³-hybridized carbons (Fsp3) is 0.167. The first-order valence-electron chi connectivity index (χ1n) is 5.22. The number of thiazole rings is 1. The second kappa shape index (κ2) is 4.73. The van der Waals surface area contributed by atoms with Crippen molar-refractivity contribution < 1.29 is 14.3 Å². The van der Waals surface area contributed by atoms with E-state index in [1.165, 1.54) is 23.5 Å². The number of nitrogens with zero attached hydrogens (tertiary/aromatic N) is 1. The minimum absolute atomic E-state index is 0.372. The van der Waals surface area contributed by atoms with Crippen LogP contribution in [0.15, 0.2) is 18.2 Å². The Morgan fingerprint density at radius 1 is 1.44 bits per heavy atom. The molecule has 1 heterocycles. The zero-order valence-electron chi connectivity index (χ0n) is 9.82. The van der Waals surface area contributed by atoms with Crippen molar-refractivity contribution in [1.29, 1.82) is 0 Å². The highest BCUT2D eigenvalue weighted by molar-refractivity contribution is 7.15. The van der Waals surface area contributed by atoms with Crippen LogP contribution in [-0.4, -0.2) is 16.0 Å². The van der Waals surface area contributed by atoms with E-state index in [2.05, 4.69) is 10.3 Å². The zero-order valence-corrected chi connectivity index (χ0v) is 10.6. The monoisotopic (exact) mass is 266 g/mol. The van der Waals surface area contributed by atoms with Crippen molar-refractivity contribution in [3.8, 4) is 5.75 Å². The van der Waals surface area contributed by atoms with Crippen LogP contribution in [0.1, 0.15) is 20.9 Å². The first kappa shape index (κ1) is 12.5. The third kappa shape index (κ3) is 2.33. The van der Waals surface area contributed by atoms with Crippen LogP contribution < -0.4 is 5.32 Å². The number of anilines is 1. The largest absolute Gasteiger partial charge is 0.507 e. The Morgan fingerprint density at radius 2 is 2.17 bits per heavy atom. The van der Waals surface area contributed by atoms with E-state index in [1.807, 2.05) is 13.8 Å². The number of halogens is 1. The lowest BCUT2D eigenvalue weighted by molar-refractivity contribution is 0.102. The van der Waals surface area contributed by atoms with E-state index in [4.69, 9.17) is 0 Å². The molecular weight excluding hydrogens is 255 g/mol. The topological polar surface area (TPSA) is 62.2 Å². The van der Waals surface area contributed by atoms with Gasteiger partial charge in [-0.3, -0.25) is 10.1 Å². The van der Waals surface area contributed by atoms with Gasteiger partial charge in [0.15, 0.2) is 5.13 Å². The molecule has 18 heavy (non-hydrogen) atoms. The highest BCUT2D eigenvalue weighted by atomic mass is 32.1. The molecule has 0 aliphatic rings. The third-order valence-corrected chi connectivity index (χ3v) is 3.46. The van der Waals surface area contributed by atoms with Crippen molar-refractivity contribution >= 4 is 22.4 Å². The number of phenols is 1. The molecule has 2 rings (SSSR count). The van der Waals surface area contributed by atoms with Gasteiger partial charge in [0.2, 0.25) is 0 Å². The van der Waals surface area contributed by atoms with Crippen LogP contribution in [0.3, 0.4) is 0 Å². The van der Waals surface area contributed by atoms with E-state index < -0.39 is 17.5 Å². The van der Waals surface area contributed by atoms with Crippen LogP contribution in [0, 0.1) is 19.7 Å². The summed E-state index contributed by atoms with van der Waals surface area (Å²) in [7, 11) is 0. The smallest absolute Gasteiger partial charge is 0.264 e. The van der Waals surface area contributed by atoms with Gasteiger partial charge in [0, 0.05) is 4.88 Å². The van der Waals surface area contributed by atoms with Crippen LogP contribution in [0.5, 0.6) is 5.75 Å². The average Bonchev–Trinajstić information content (AvgIpc) is 2.57. The molecule has 0 fully saturated rings. The molecule has 2 N–H and O–H groups in total. The lowest BCUT2D eigenvalue weighted by atomic mass is 10.2. The molecule has 0 spiro atoms. The SMILES string of the molecule is Cc1nc(NC(=O)c2c(O)cccc2F)sc1C. The van der Waals surface area contributed by atoms with Crippen molar-refractivity contribution in [2.75, 3.05) is 5.32 Å².